The molecule has 0 amide bonds. The van der Waals surface area contributed by atoms with Crippen molar-refractivity contribution >= 4 is 14.0 Å². The number of hydrogen-bond donors (Lipinski definition) is 0. The molecule has 4 nitrogen and oxygen atoms in total. The largest absolute Gasteiger partial charge is 0.541 e. The van der Waals surface area contributed by atoms with Crippen molar-refractivity contribution in [3.8, 4) is 17.6 Å². The van der Waals surface area contributed by atoms with Gasteiger partial charge >= 0.3 is 0 Å². The van der Waals surface area contributed by atoms with E-state index in [1.54, 1.807) is 7.11 Å². The van der Waals surface area contributed by atoms with Crippen molar-refractivity contribution < 1.29 is 9.16 Å². The van der Waals surface area contributed by atoms with Crippen LogP contribution in [0.25, 0.3) is 0 Å². The molecule has 0 radical (unpaired) electrons. The quantitative estimate of drug-likeness (QED) is 0.451. The molecule has 0 aliphatic rings. The zero-order valence-corrected chi connectivity index (χ0v) is 18.7. The van der Waals surface area contributed by atoms with Crippen molar-refractivity contribution in [1.29, 1.82) is 5.26 Å². The third-order valence-electron chi connectivity index (χ3n) is 5.23. The molecule has 0 aliphatic heterocycles. The number of benzene rings is 2. The Hall–Kier alpha value is -2.58. The van der Waals surface area contributed by atoms with E-state index in [1.807, 2.05) is 36.4 Å². The highest BCUT2D eigenvalue weighted by Crippen LogP contribution is 2.40. The first kappa shape index (κ1) is 21.7. The van der Waals surface area contributed by atoms with Gasteiger partial charge in [0, 0.05) is 12.1 Å². The van der Waals surface area contributed by atoms with Crippen LogP contribution >= 0.6 is 0 Å². The van der Waals surface area contributed by atoms with Gasteiger partial charge in [-0.15, -0.1) is 0 Å². The second-order valence-corrected chi connectivity index (χ2v) is 13.0. The Kier molecular flexibility index (Phi) is 7.04. The van der Waals surface area contributed by atoms with Crippen molar-refractivity contribution in [2.75, 3.05) is 13.7 Å². The predicted molar refractivity (Wildman–Crippen MR) is 118 cm³/mol. The first-order valence-corrected chi connectivity index (χ1v) is 12.4. The van der Waals surface area contributed by atoms with Crippen LogP contribution in [0.1, 0.15) is 31.9 Å². The van der Waals surface area contributed by atoms with Gasteiger partial charge in [-0.2, -0.15) is 5.26 Å². The number of hydrogen-bond acceptors (Lipinski definition) is 4. The van der Waals surface area contributed by atoms with E-state index in [1.165, 1.54) is 5.56 Å². The molecule has 2 aromatic carbocycles. The fourth-order valence-electron chi connectivity index (χ4n) is 2.46. The van der Waals surface area contributed by atoms with Crippen LogP contribution in [0.4, 0.5) is 0 Å². The Morgan fingerprint density at radius 3 is 2.32 bits per heavy atom. The fraction of sp³-hybridized carbons (Fsp3) is 0.391. The van der Waals surface area contributed by atoms with Gasteiger partial charge in [-0.25, -0.2) is 0 Å². The molecule has 0 aromatic heterocycles. The number of nitrogens with zero attached hydrogens (tertiary/aromatic N) is 2. The molecule has 0 unspecified atom stereocenters. The van der Waals surface area contributed by atoms with E-state index < -0.39 is 8.32 Å². The maximum Gasteiger partial charge on any atom is 0.250 e. The summed E-state index contributed by atoms with van der Waals surface area (Å²) >= 11 is 0. The number of aliphatic imine (C=N–C) groups is 1. The van der Waals surface area contributed by atoms with Gasteiger partial charge in [-0.1, -0.05) is 51.1 Å². The predicted octanol–water partition coefficient (Wildman–Crippen LogP) is 5.63. The third kappa shape index (κ3) is 5.46. The Morgan fingerprint density at radius 2 is 1.75 bits per heavy atom. The van der Waals surface area contributed by atoms with Crippen LogP contribution in [0.2, 0.25) is 18.1 Å². The molecule has 0 spiro atoms. The van der Waals surface area contributed by atoms with Gasteiger partial charge < -0.3 is 9.16 Å². The lowest BCUT2D eigenvalue weighted by Crippen LogP contribution is -2.43. The van der Waals surface area contributed by atoms with Gasteiger partial charge in [0.15, 0.2) is 5.75 Å². The molecule has 0 bridgehead atoms. The molecule has 0 heterocycles. The first-order chi connectivity index (χ1) is 13.2. The van der Waals surface area contributed by atoms with Crippen LogP contribution in [-0.4, -0.2) is 27.7 Å². The van der Waals surface area contributed by atoms with Crippen molar-refractivity contribution in [3.63, 3.8) is 0 Å². The zero-order chi connectivity index (χ0) is 20.8. The monoisotopic (exact) mass is 394 g/mol. The lowest BCUT2D eigenvalue weighted by Gasteiger charge is -2.36. The van der Waals surface area contributed by atoms with E-state index >= 15 is 0 Å². The van der Waals surface area contributed by atoms with Crippen molar-refractivity contribution in [1.82, 2.24) is 0 Å². The highest BCUT2D eigenvalue weighted by Gasteiger charge is 2.39. The Balaban J connectivity index is 2.21. The molecule has 0 saturated carbocycles. The third-order valence-corrected chi connectivity index (χ3v) is 9.57. The molecule has 0 atom stereocenters. The average Bonchev–Trinajstić information content (AvgIpc) is 2.65. The minimum atomic E-state index is -1.98. The van der Waals surface area contributed by atoms with Gasteiger partial charge in [0.1, 0.15) is 17.5 Å². The van der Waals surface area contributed by atoms with E-state index in [2.05, 4.69) is 57.1 Å². The fourth-order valence-corrected chi connectivity index (χ4v) is 3.48. The van der Waals surface area contributed by atoms with Crippen molar-refractivity contribution in [3.05, 3.63) is 59.7 Å². The van der Waals surface area contributed by atoms with E-state index in [0.717, 1.165) is 17.7 Å². The number of nitriles is 1. The normalized spacial score (nSPS) is 12.4. The second-order valence-electron chi connectivity index (χ2n) is 8.31. The Bertz CT molecular complexity index is 862. The summed E-state index contributed by atoms with van der Waals surface area (Å²) in [7, 11) is -0.359. The summed E-state index contributed by atoms with van der Waals surface area (Å²) in [6.45, 7) is 11.6. The summed E-state index contributed by atoms with van der Waals surface area (Å²) in [5, 5.41) is 9.65. The van der Waals surface area contributed by atoms with Crippen molar-refractivity contribution in [2.24, 2.45) is 4.99 Å². The second kappa shape index (κ2) is 9.07. The van der Waals surface area contributed by atoms with Crippen LogP contribution in [0.3, 0.4) is 0 Å². The van der Waals surface area contributed by atoms with Gasteiger partial charge in [-0.3, -0.25) is 4.99 Å². The molecular formula is C23H30N2O2Si. The molecule has 28 heavy (non-hydrogen) atoms. The van der Waals surface area contributed by atoms with Gasteiger partial charge in [0.2, 0.25) is 0 Å². The minimum absolute atomic E-state index is 0.0907. The summed E-state index contributed by atoms with van der Waals surface area (Å²) in [5.74, 6) is 1.35. The van der Waals surface area contributed by atoms with Crippen LogP contribution in [-0.2, 0) is 6.42 Å². The highest BCUT2D eigenvalue weighted by molar-refractivity contribution is 6.74. The highest BCUT2D eigenvalue weighted by atomic mass is 28.4. The van der Waals surface area contributed by atoms with Crippen LogP contribution < -0.4 is 9.16 Å². The van der Waals surface area contributed by atoms with Gasteiger partial charge in [0.05, 0.1) is 7.11 Å². The number of methoxy groups -OCH3 is 1. The van der Waals surface area contributed by atoms with E-state index in [0.29, 0.717) is 18.0 Å². The smallest absolute Gasteiger partial charge is 0.250 e. The molecule has 0 aliphatic carbocycles. The topological polar surface area (TPSA) is 54.6 Å². The van der Waals surface area contributed by atoms with E-state index in [9.17, 15) is 5.26 Å². The molecule has 0 fully saturated rings. The van der Waals surface area contributed by atoms with Crippen LogP contribution in [0.5, 0.6) is 11.5 Å². The molecule has 148 valence electrons. The summed E-state index contributed by atoms with van der Waals surface area (Å²) in [6, 6.07) is 18.0. The summed E-state index contributed by atoms with van der Waals surface area (Å²) in [4.78, 5) is 4.49. The Morgan fingerprint density at radius 1 is 1.07 bits per heavy atom. The molecule has 0 N–H and O–H groups in total. The van der Waals surface area contributed by atoms with Crippen LogP contribution in [0, 0.1) is 11.3 Å². The average molecular weight is 395 g/mol. The summed E-state index contributed by atoms with van der Waals surface area (Å²) in [6.07, 6.45) is 0.801. The lowest BCUT2D eigenvalue weighted by molar-refractivity contribution is 0.386. The van der Waals surface area contributed by atoms with Gasteiger partial charge in [0.25, 0.3) is 8.32 Å². The Labute approximate surface area is 170 Å². The lowest BCUT2D eigenvalue weighted by atomic mass is 10.1. The molecule has 5 heteroatoms. The molecular weight excluding hydrogens is 364 g/mol. The maximum absolute atomic E-state index is 9.56. The molecule has 2 aromatic rings. The van der Waals surface area contributed by atoms with Crippen LogP contribution in [0.15, 0.2) is 53.5 Å². The van der Waals surface area contributed by atoms with Gasteiger partial charge in [-0.05, 0) is 48.3 Å². The number of rotatable bonds is 7. The molecule has 2 rings (SSSR count). The van der Waals surface area contributed by atoms with E-state index in [4.69, 9.17) is 9.16 Å². The molecule has 0 saturated heterocycles. The summed E-state index contributed by atoms with van der Waals surface area (Å²) in [5.41, 5.74) is 2.36. The first-order valence-electron chi connectivity index (χ1n) is 9.54. The van der Waals surface area contributed by atoms with E-state index in [-0.39, 0.29) is 5.04 Å². The number of ether oxygens (including phenoxy) is 1. The maximum atomic E-state index is 9.56. The van der Waals surface area contributed by atoms with Crippen molar-refractivity contribution in [2.45, 2.75) is 45.3 Å². The zero-order valence-electron chi connectivity index (χ0n) is 17.7. The standard InChI is InChI=1S/C23H30N2O2Si/c1-23(2,3)28(5,6)27-21-13-12-19(16-22(21)26-4)20(17-24)25-15-14-18-10-8-7-9-11-18/h7-13,16H,14-15H2,1-6H3. The SMILES string of the molecule is COc1cc(C(C#N)=NCCc2ccccc2)ccc1O[Si](C)(C)C(C)(C)C. The summed E-state index contributed by atoms with van der Waals surface area (Å²) < 4.78 is 11.9. The minimum Gasteiger partial charge on any atom is -0.541 e.